The summed E-state index contributed by atoms with van der Waals surface area (Å²) in [5.74, 6) is 3.05. The highest BCUT2D eigenvalue weighted by atomic mass is 31.0. The Bertz CT molecular complexity index is 1630. The van der Waals surface area contributed by atoms with Crippen molar-refractivity contribution in [3.63, 3.8) is 0 Å². The third kappa shape index (κ3) is 7.21. The fraction of sp³-hybridized carbons (Fsp3) is 0.485. The van der Waals surface area contributed by atoms with Gasteiger partial charge in [0.2, 0.25) is 35.2 Å². The highest BCUT2D eigenvalue weighted by Gasteiger charge is 2.36. The van der Waals surface area contributed by atoms with Gasteiger partial charge in [-0.2, -0.15) is 15.0 Å². The Morgan fingerprint density at radius 3 is 2.70 bits per heavy atom. The number of ether oxygens (including phenoxy) is 2. The van der Waals surface area contributed by atoms with Crippen LogP contribution in [0.2, 0.25) is 0 Å². The van der Waals surface area contributed by atoms with Crippen LogP contribution < -0.4 is 14.8 Å². The molecule has 2 aromatic heterocycles. The minimum atomic E-state index is -0.931. The molecule has 1 aromatic carbocycles. The summed E-state index contributed by atoms with van der Waals surface area (Å²) >= 11 is 0. The number of rotatable bonds is 10. The van der Waals surface area contributed by atoms with Gasteiger partial charge in [0.05, 0.1) is 11.5 Å². The first-order chi connectivity index (χ1) is 21.9. The molecule has 4 heterocycles. The number of alkyl halides is 1. The number of amides is 1. The van der Waals surface area contributed by atoms with Crippen LogP contribution in [0.4, 0.5) is 8.78 Å². The average Bonchev–Trinajstić information content (AvgIpc) is 3.64. The molecule has 0 aliphatic carbocycles. The molecule has 2 saturated heterocycles. The minimum Gasteiger partial charge on any atom is -0.474 e. The fourth-order valence-corrected chi connectivity index (χ4v) is 6.84. The Morgan fingerprint density at radius 1 is 1.26 bits per heavy atom. The predicted octanol–water partition coefficient (Wildman–Crippen LogP) is 4.25. The molecule has 1 amide bonds. The molecule has 244 valence electrons. The number of benzene rings is 1. The van der Waals surface area contributed by atoms with Crippen LogP contribution in [0.1, 0.15) is 57.9 Å². The molecule has 2 aliphatic rings. The van der Waals surface area contributed by atoms with E-state index in [1.54, 1.807) is 17.0 Å². The zero-order chi connectivity index (χ0) is 33.2. The second kappa shape index (κ2) is 13.8. The Hall–Kier alpha value is -3.94. The zero-order valence-corrected chi connectivity index (χ0v) is 27.6. The summed E-state index contributed by atoms with van der Waals surface area (Å²) in [7, 11) is 4.41. The maximum Gasteiger partial charge on any atom is 0.246 e. The molecule has 0 bridgehead atoms. The van der Waals surface area contributed by atoms with Crippen LogP contribution in [-0.2, 0) is 10.2 Å². The van der Waals surface area contributed by atoms with Gasteiger partial charge < -0.3 is 18.9 Å². The molecule has 46 heavy (non-hydrogen) atoms. The Balaban J connectivity index is 1.45. The van der Waals surface area contributed by atoms with Crippen molar-refractivity contribution < 1.29 is 27.6 Å². The molecule has 2 aliphatic heterocycles. The van der Waals surface area contributed by atoms with Gasteiger partial charge in [-0.25, -0.2) is 8.78 Å². The van der Waals surface area contributed by atoms with E-state index >= 15 is 0 Å². The third-order valence-electron chi connectivity index (χ3n) is 8.69. The Labute approximate surface area is 270 Å². The molecule has 2 fully saturated rings. The number of terminal acetylenes is 1. The molecule has 0 spiro atoms. The van der Waals surface area contributed by atoms with Gasteiger partial charge in [0.1, 0.15) is 24.2 Å². The second-order valence-electron chi connectivity index (χ2n) is 12.4. The van der Waals surface area contributed by atoms with E-state index in [2.05, 4.69) is 41.8 Å². The van der Waals surface area contributed by atoms with Crippen molar-refractivity contribution in [1.29, 1.82) is 0 Å². The van der Waals surface area contributed by atoms with Crippen LogP contribution in [0.5, 0.6) is 11.8 Å². The lowest BCUT2D eigenvalue weighted by atomic mass is 9.84. The topological polar surface area (TPSA) is 107 Å². The summed E-state index contributed by atoms with van der Waals surface area (Å²) in [4.78, 5) is 29.9. The molecule has 10 nitrogen and oxygen atoms in total. The maximum absolute atomic E-state index is 14.2. The predicted molar refractivity (Wildman–Crippen MR) is 172 cm³/mol. The normalized spacial score (nSPS) is 22.7. The highest BCUT2D eigenvalue weighted by Crippen LogP contribution is 2.33. The van der Waals surface area contributed by atoms with Gasteiger partial charge in [-0.05, 0) is 63.3 Å². The number of piperidine rings is 1. The molecule has 3 aromatic rings. The fourth-order valence-electron chi connectivity index (χ4n) is 6.22. The van der Waals surface area contributed by atoms with Gasteiger partial charge in [-0.3, -0.25) is 9.69 Å². The summed E-state index contributed by atoms with van der Waals surface area (Å²) in [6.45, 7) is 10.1. The van der Waals surface area contributed by atoms with Gasteiger partial charge >= 0.3 is 0 Å². The van der Waals surface area contributed by atoms with E-state index in [1.165, 1.54) is 18.2 Å². The Kier molecular flexibility index (Phi) is 10.0. The van der Waals surface area contributed by atoms with Crippen LogP contribution in [0.15, 0.2) is 41.4 Å². The van der Waals surface area contributed by atoms with E-state index in [0.717, 1.165) is 5.56 Å². The lowest BCUT2D eigenvalue weighted by Crippen LogP contribution is -2.48. The quantitative estimate of drug-likeness (QED) is 0.181. The Morgan fingerprint density at radius 2 is 2.02 bits per heavy atom. The van der Waals surface area contributed by atoms with E-state index < -0.39 is 17.7 Å². The summed E-state index contributed by atoms with van der Waals surface area (Å²) in [5.41, 5.74) is 0.0243. The third-order valence-corrected chi connectivity index (χ3v) is 9.17. The standard InChI is InChI=1S/C33H39F2N6O4P/c1-7-9-22-16-23(12-13-41(22)29(42)8-2)44-28-17-27(43-19(3)25-14-21(35)18-40(25)6)36-30(37-28)31-38-32(45-39-31)33(4,5)24-11-10-20(34)15-26(24)46/h1,8,10-11,15,17,19,21-23,25H,2,9,12-14,16,18,46H2,3-6H3/t19-,21+,22+,23-,25-/m0/s1. The second-order valence-corrected chi connectivity index (χ2v) is 13.0. The molecule has 1 unspecified atom stereocenters. The number of hydrogen-bond acceptors (Lipinski definition) is 9. The summed E-state index contributed by atoms with van der Waals surface area (Å²) in [5, 5.41) is 4.84. The van der Waals surface area contributed by atoms with Crippen molar-refractivity contribution >= 4 is 20.5 Å². The van der Waals surface area contributed by atoms with Crippen molar-refractivity contribution in [3.8, 4) is 35.8 Å². The van der Waals surface area contributed by atoms with Gasteiger partial charge in [0.25, 0.3) is 0 Å². The van der Waals surface area contributed by atoms with Gasteiger partial charge in [0, 0.05) is 44.4 Å². The summed E-state index contributed by atoms with van der Waals surface area (Å²) in [6.07, 6.45) is 7.04. The lowest BCUT2D eigenvalue weighted by Gasteiger charge is -2.38. The largest absolute Gasteiger partial charge is 0.474 e. The van der Waals surface area contributed by atoms with Crippen molar-refractivity contribution in [2.24, 2.45) is 0 Å². The monoisotopic (exact) mass is 652 g/mol. The molecular weight excluding hydrogens is 613 g/mol. The van der Waals surface area contributed by atoms with Gasteiger partial charge in [-0.15, -0.1) is 21.6 Å². The van der Waals surface area contributed by atoms with E-state index in [-0.39, 0.29) is 59.2 Å². The van der Waals surface area contributed by atoms with Crippen molar-refractivity contribution in [2.45, 2.75) is 82.3 Å². The maximum atomic E-state index is 14.2. The molecule has 0 saturated carbocycles. The number of carbonyl (C=O) groups excluding carboxylic acids is 1. The minimum absolute atomic E-state index is 0.108. The number of likely N-dealkylation sites (tertiary alicyclic amines) is 2. The first kappa shape index (κ1) is 33.4. The molecular formula is C33H39F2N6O4P. The van der Waals surface area contributed by atoms with E-state index in [9.17, 15) is 13.6 Å². The van der Waals surface area contributed by atoms with Gasteiger partial charge in [0.15, 0.2) is 0 Å². The highest BCUT2D eigenvalue weighted by molar-refractivity contribution is 7.27. The molecule has 5 rings (SSSR count). The lowest BCUT2D eigenvalue weighted by molar-refractivity contribution is -0.130. The van der Waals surface area contributed by atoms with Crippen molar-refractivity contribution in [1.82, 2.24) is 29.9 Å². The van der Waals surface area contributed by atoms with Crippen LogP contribution >= 0.6 is 9.24 Å². The summed E-state index contributed by atoms with van der Waals surface area (Å²) in [6, 6.07) is 5.71. The van der Waals surface area contributed by atoms with Crippen molar-refractivity contribution in [2.75, 3.05) is 20.1 Å². The summed E-state index contributed by atoms with van der Waals surface area (Å²) < 4.78 is 46.3. The van der Waals surface area contributed by atoms with Crippen LogP contribution in [0.3, 0.4) is 0 Å². The van der Waals surface area contributed by atoms with E-state index in [0.29, 0.717) is 44.1 Å². The average molecular weight is 653 g/mol. The van der Waals surface area contributed by atoms with Crippen LogP contribution in [-0.4, -0.2) is 86.4 Å². The van der Waals surface area contributed by atoms with Crippen LogP contribution in [0, 0.1) is 18.2 Å². The molecule has 0 N–H and O–H groups in total. The van der Waals surface area contributed by atoms with Gasteiger partial charge in [-0.1, -0.05) is 17.8 Å². The number of likely N-dealkylation sites (N-methyl/N-ethyl adjacent to an activating group) is 1. The van der Waals surface area contributed by atoms with E-state index in [4.69, 9.17) is 20.4 Å². The molecule has 13 heteroatoms. The first-order valence-corrected chi connectivity index (χ1v) is 15.8. The number of carbonyl (C=O) groups is 1. The smallest absolute Gasteiger partial charge is 0.246 e. The van der Waals surface area contributed by atoms with E-state index in [1.807, 2.05) is 32.7 Å². The van der Waals surface area contributed by atoms with Crippen LogP contribution in [0.25, 0.3) is 11.6 Å². The SMILES string of the molecule is C#CC[C@@H]1C[C@@H](Oc2cc(O[C@@H](C)[C@@H]3C[C@@H](F)CN3C)nc(-c3noc(C(C)(C)c4ccc(F)cc4P)n3)n2)CCN1C(=O)C=C. The number of nitrogens with zero attached hydrogens (tertiary/aromatic N) is 6. The number of hydrogen-bond donors (Lipinski definition) is 0. The first-order valence-electron chi connectivity index (χ1n) is 15.2. The number of aromatic nitrogens is 4. The molecule has 6 atom stereocenters. The molecule has 0 radical (unpaired) electrons. The zero-order valence-electron chi connectivity index (χ0n) is 26.5. The van der Waals surface area contributed by atoms with Crippen molar-refractivity contribution in [3.05, 3.63) is 54.2 Å². The number of halogens is 2.